The molecule has 0 saturated carbocycles. The van der Waals surface area contributed by atoms with Crippen molar-refractivity contribution in [2.45, 2.75) is 52.2 Å². The van der Waals surface area contributed by atoms with Crippen molar-refractivity contribution in [3.63, 3.8) is 0 Å². The Hall–Kier alpha value is -0.620. The van der Waals surface area contributed by atoms with E-state index >= 15 is 0 Å². The van der Waals surface area contributed by atoms with Crippen LogP contribution in [0.15, 0.2) is 0 Å². The highest BCUT2D eigenvalue weighted by Crippen LogP contribution is 2.22. The third kappa shape index (κ3) is 4.76. The lowest BCUT2D eigenvalue weighted by Gasteiger charge is -2.29. The smallest absolute Gasteiger partial charge is 0.306 e. The van der Waals surface area contributed by atoms with E-state index in [-0.39, 0.29) is 23.5 Å². The van der Waals surface area contributed by atoms with Crippen LogP contribution < -0.4 is 0 Å². The second-order valence-corrected chi connectivity index (χ2v) is 7.15. The van der Waals surface area contributed by atoms with Crippen LogP contribution in [0.2, 0.25) is 0 Å². The molecular formula is C13H25NO4S. The lowest BCUT2D eigenvalue weighted by Crippen LogP contribution is -2.44. The van der Waals surface area contributed by atoms with Crippen LogP contribution >= 0.6 is 0 Å². The topological polar surface area (TPSA) is 63.7 Å². The summed E-state index contributed by atoms with van der Waals surface area (Å²) in [5.74, 6) is -0.215. The molecule has 1 aliphatic heterocycles. The van der Waals surface area contributed by atoms with Gasteiger partial charge in [0, 0.05) is 6.42 Å². The maximum absolute atomic E-state index is 11.8. The van der Waals surface area contributed by atoms with Gasteiger partial charge in [-0.15, -0.1) is 0 Å². The van der Waals surface area contributed by atoms with Crippen molar-refractivity contribution in [1.29, 1.82) is 0 Å². The molecule has 0 aliphatic carbocycles. The molecule has 0 N–H and O–H groups in total. The lowest BCUT2D eigenvalue weighted by molar-refractivity contribution is -0.150. The van der Waals surface area contributed by atoms with Crippen molar-refractivity contribution in [1.82, 2.24) is 4.90 Å². The third-order valence-corrected chi connectivity index (χ3v) is 5.26. The zero-order valence-corrected chi connectivity index (χ0v) is 12.9. The molecule has 0 amide bonds. The molecule has 1 heterocycles. The summed E-state index contributed by atoms with van der Waals surface area (Å²) in [6.45, 7) is 7.51. The van der Waals surface area contributed by atoms with Crippen molar-refractivity contribution in [3.05, 3.63) is 0 Å². The highest BCUT2D eigenvalue weighted by atomic mass is 32.2. The molecule has 0 aromatic carbocycles. The summed E-state index contributed by atoms with van der Waals surface area (Å²) >= 11 is 0. The monoisotopic (exact) mass is 291 g/mol. The van der Waals surface area contributed by atoms with Gasteiger partial charge in [0.2, 0.25) is 0 Å². The minimum Gasteiger partial charge on any atom is -0.460 e. The summed E-state index contributed by atoms with van der Waals surface area (Å²) in [6.07, 6.45) is 1.58. The van der Waals surface area contributed by atoms with Crippen LogP contribution in [0.3, 0.4) is 0 Å². The van der Waals surface area contributed by atoms with E-state index in [0.29, 0.717) is 6.42 Å². The number of hydrogen-bond acceptors (Lipinski definition) is 5. The van der Waals surface area contributed by atoms with Crippen LogP contribution in [0, 0.1) is 0 Å². The van der Waals surface area contributed by atoms with Crippen molar-refractivity contribution < 1.29 is 17.9 Å². The minimum absolute atomic E-state index is 0.0357. The number of sulfone groups is 1. The summed E-state index contributed by atoms with van der Waals surface area (Å²) in [5.41, 5.74) is 0. The quantitative estimate of drug-likeness (QED) is 0.660. The van der Waals surface area contributed by atoms with Crippen LogP contribution in [-0.4, -0.2) is 56.0 Å². The molecule has 0 radical (unpaired) electrons. The largest absolute Gasteiger partial charge is 0.460 e. The van der Waals surface area contributed by atoms with Gasteiger partial charge >= 0.3 is 5.97 Å². The first-order valence-electron chi connectivity index (χ1n) is 7.07. The molecule has 1 fully saturated rings. The Balaban J connectivity index is 2.69. The Kier molecular flexibility index (Phi) is 6.26. The Labute approximate surface area is 116 Å². The van der Waals surface area contributed by atoms with Gasteiger partial charge in [0.15, 0.2) is 9.84 Å². The summed E-state index contributed by atoms with van der Waals surface area (Å²) in [4.78, 5) is 13.7. The third-order valence-electron chi connectivity index (χ3n) is 3.57. The molecule has 2 atom stereocenters. The van der Waals surface area contributed by atoms with Crippen molar-refractivity contribution in [3.8, 4) is 0 Å². The van der Waals surface area contributed by atoms with E-state index in [9.17, 15) is 13.2 Å². The van der Waals surface area contributed by atoms with Crippen molar-refractivity contribution >= 4 is 15.8 Å². The summed E-state index contributed by atoms with van der Waals surface area (Å²) in [5, 5.41) is 0. The lowest BCUT2D eigenvalue weighted by atomic mass is 10.1. The predicted octanol–water partition coefficient (Wildman–Crippen LogP) is 1.23. The molecule has 0 aromatic heterocycles. The molecule has 2 unspecified atom stereocenters. The fourth-order valence-electron chi connectivity index (χ4n) is 2.49. The molecule has 1 saturated heterocycles. The minimum atomic E-state index is -3.09. The Morgan fingerprint density at radius 2 is 1.84 bits per heavy atom. The number of esters is 1. The molecule has 0 bridgehead atoms. The van der Waals surface area contributed by atoms with Crippen molar-refractivity contribution in [2.75, 3.05) is 24.6 Å². The fourth-order valence-corrected chi connectivity index (χ4v) is 4.36. The molecule has 1 rings (SSSR count). The van der Waals surface area contributed by atoms with Gasteiger partial charge < -0.3 is 4.74 Å². The van der Waals surface area contributed by atoms with Gasteiger partial charge in [-0.25, -0.2) is 8.42 Å². The Morgan fingerprint density at radius 3 is 2.37 bits per heavy atom. The highest BCUT2D eigenvalue weighted by molar-refractivity contribution is 7.91. The number of rotatable bonds is 7. The summed E-state index contributed by atoms with van der Waals surface area (Å²) < 4.78 is 28.9. The average Bonchev–Trinajstić information content (AvgIpc) is 2.63. The molecular weight excluding hydrogens is 266 g/mol. The van der Waals surface area contributed by atoms with Gasteiger partial charge in [-0.05, 0) is 19.5 Å². The SMILES string of the molecule is CCCCC(=O)OC1CS(=O)(=O)CC1N(CC)CC. The number of likely N-dealkylation sites (N-methyl/N-ethyl adjacent to an activating group) is 1. The molecule has 6 heteroatoms. The highest BCUT2D eigenvalue weighted by Gasteiger charge is 2.42. The van der Waals surface area contributed by atoms with Gasteiger partial charge in [-0.1, -0.05) is 27.2 Å². The Morgan fingerprint density at radius 1 is 1.21 bits per heavy atom. The van der Waals surface area contributed by atoms with Crippen LogP contribution in [0.1, 0.15) is 40.0 Å². The van der Waals surface area contributed by atoms with Gasteiger partial charge in [0.1, 0.15) is 6.10 Å². The van der Waals surface area contributed by atoms with E-state index in [1.807, 2.05) is 20.8 Å². The number of nitrogens with zero attached hydrogens (tertiary/aromatic N) is 1. The number of carbonyl (C=O) groups excluding carboxylic acids is 1. The second kappa shape index (κ2) is 7.24. The normalized spacial score (nSPS) is 25.7. The van der Waals surface area contributed by atoms with Crippen molar-refractivity contribution in [2.24, 2.45) is 0 Å². The second-order valence-electron chi connectivity index (χ2n) is 5.00. The molecule has 0 aromatic rings. The van der Waals surface area contributed by atoms with E-state index in [2.05, 4.69) is 4.90 Å². The van der Waals surface area contributed by atoms with E-state index in [0.717, 1.165) is 25.9 Å². The Bertz CT molecular complexity index is 389. The number of unbranched alkanes of at least 4 members (excludes halogenated alkanes) is 1. The first kappa shape index (κ1) is 16.4. The number of ether oxygens (including phenoxy) is 1. The summed E-state index contributed by atoms with van der Waals surface area (Å²) in [7, 11) is -3.09. The predicted molar refractivity (Wildman–Crippen MR) is 74.8 cm³/mol. The molecule has 5 nitrogen and oxygen atoms in total. The van der Waals surface area contributed by atoms with Gasteiger partial charge in [-0.3, -0.25) is 9.69 Å². The maximum atomic E-state index is 11.8. The summed E-state index contributed by atoms with van der Waals surface area (Å²) in [6, 6.07) is -0.189. The van der Waals surface area contributed by atoms with E-state index in [1.54, 1.807) is 0 Å². The first-order valence-corrected chi connectivity index (χ1v) is 8.89. The van der Waals surface area contributed by atoms with Crippen LogP contribution in [0.4, 0.5) is 0 Å². The zero-order valence-electron chi connectivity index (χ0n) is 12.1. The molecule has 1 aliphatic rings. The molecule has 0 spiro atoms. The number of carbonyl (C=O) groups is 1. The van der Waals surface area contributed by atoms with Crippen LogP contribution in [0.5, 0.6) is 0 Å². The molecule has 112 valence electrons. The van der Waals surface area contributed by atoms with Crippen LogP contribution in [-0.2, 0) is 19.4 Å². The standard InChI is InChI=1S/C13H25NO4S/c1-4-7-8-13(15)18-12-10-19(16,17)9-11(12)14(5-2)6-3/h11-12H,4-10H2,1-3H3. The average molecular weight is 291 g/mol. The van der Waals surface area contributed by atoms with Gasteiger partial charge in [0.25, 0.3) is 0 Å². The van der Waals surface area contributed by atoms with E-state index < -0.39 is 15.9 Å². The van der Waals surface area contributed by atoms with E-state index in [1.165, 1.54) is 0 Å². The van der Waals surface area contributed by atoms with Gasteiger partial charge in [0.05, 0.1) is 17.5 Å². The fraction of sp³-hybridized carbons (Fsp3) is 0.923. The first-order chi connectivity index (χ1) is 8.93. The van der Waals surface area contributed by atoms with Gasteiger partial charge in [-0.2, -0.15) is 0 Å². The zero-order chi connectivity index (χ0) is 14.5. The number of hydrogen-bond donors (Lipinski definition) is 0. The van der Waals surface area contributed by atoms with E-state index in [4.69, 9.17) is 4.74 Å². The maximum Gasteiger partial charge on any atom is 0.306 e. The van der Waals surface area contributed by atoms with Crippen LogP contribution in [0.25, 0.3) is 0 Å². The molecule has 19 heavy (non-hydrogen) atoms.